The molecule has 1 aliphatic heterocycles. The van der Waals surface area contributed by atoms with Gasteiger partial charge in [-0.25, -0.2) is 4.79 Å². The molecule has 0 bridgehead atoms. The van der Waals surface area contributed by atoms with Gasteiger partial charge < -0.3 is 14.4 Å². The molecule has 5 nitrogen and oxygen atoms in total. The number of ether oxygens (including phenoxy) is 2. The summed E-state index contributed by atoms with van der Waals surface area (Å²) < 4.78 is 22.7. The Morgan fingerprint density at radius 3 is 2.10 bits per heavy atom. The zero-order valence-electron chi connectivity index (χ0n) is 17.3. The molecule has 1 fully saturated rings. The van der Waals surface area contributed by atoms with Crippen LogP contribution in [0.5, 0.6) is 5.75 Å². The van der Waals surface area contributed by atoms with Crippen LogP contribution in [0.25, 0.3) is 11.1 Å². The maximum Gasteiger partial charge on any atom is 0.410 e. The standard InChI is InChI=1S/C23H29NO4S/c1-17(2)28-23(25)24-14-12-18(13-15-24)16-27-21-8-4-19(5-9-21)20-6-10-22(11-7-20)29(3)26/h4-11,17-18H,12-16H2,1-3H3. The molecule has 0 spiro atoms. The van der Waals surface area contributed by atoms with E-state index in [0.717, 1.165) is 47.7 Å². The maximum absolute atomic E-state index is 12.0. The van der Waals surface area contributed by atoms with E-state index in [0.29, 0.717) is 12.5 Å². The summed E-state index contributed by atoms with van der Waals surface area (Å²) in [5.41, 5.74) is 2.19. The highest BCUT2D eigenvalue weighted by molar-refractivity contribution is 7.84. The first-order valence-corrected chi connectivity index (χ1v) is 11.6. The van der Waals surface area contributed by atoms with Crippen molar-refractivity contribution in [1.82, 2.24) is 4.90 Å². The number of rotatable bonds is 6. The lowest BCUT2D eigenvalue weighted by Gasteiger charge is -2.31. The Kier molecular flexibility index (Phi) is 7.31. The third kappa shape index (κ3) is 6.07. The van der Waals surface area contributed by atoms with Crippen molar-refractivity contribution in [3.63, 3.8) is 0 Å². The van der Waals surface area contributed by atoms with E-state index in [1.807, 2.05) is 62.4 Å². The molecule has 1 unspecified atom stereocenters. The van der Waals surface area contributed by atoms with Crippen LogP contribution in [-0.2, 0) is 15.5 Å². The Hall–Kier alpha value is -2.34. The first-order valence-electron chi connectivity index (χ1n) is 10.0. The largest absolute Gasteiger partial charge is 0.493 e. The molecule has 1 saturated heterocycles. The van der Waals surface area contributed by atoms with Crippen molar-refractivity contribution < 1.29 is 18.5 Å². The van der Waals surface area contributed by atoms with Crippen molar-refractivity contribution in [3.05, 3.63) is 48.5 Å². The molecule has 1 heterocycles. The van der Waals surface area contributed by atoms with Crippen molar-refractivity contribution in [2.24, 2.45) is 5.92 Å². The first-order chi connectivity index (χ1) is 13.9. The van der Waals surface area contributed by atoms with Crippen molar-refractivity contribution in [2.75, 3.05) is 26.0 Å². The van der Waals surface area contributed by atoms with Gasteiger partial charge in [-0.2, -0.15) is 0 Å². The summed E-state index contributed by atoms with van der Waals surface area (Å²) in [6.45, 7) is 5.83. The van der Waals surface area contributed by atoms with Crippen LogP contribution in [0.15, 0.2) is 53.4 Å². The van der Waals surface area contributed by atoms with E-state index < -0.39 is 10.8 Å². The number of carbonyl (C=O) groups excluding carboxylic acids is 1. The number of carbonyl (C=O) groups is 1. The molecule has 3 rings (SSSR count). The fourth-order valence-electron chi connectivity index (χ4n) is 3.36. The maximum atomic E-state index is 12.0. The predicted molar refractivity (Wildman–Crippen MR) is 116 cm³/mol. The lowest BCUT2D eigenvalue weighted by atomic mass is 9.98. The third-order valence-electron chi connectivity index (χ3n) is 5.07. The predicted octanol–water partition coefficient (Wildman–Crippen LogP) is 4.73. The van der Waals surface area contributed by atoms with Gasteiger partial charge in [-0.05, 0) is 68.0 Å². The summed E-state index contributed by atoms with van der Waals surface area (Å²) in [4.78, 5) is 14.6. The summed E-state index contributed by atoms with van der Waals surface area (Å²) >= 11 is 0. The molecule has 2 aromatic rings. The van der Waals surface area contributed by atoms with Crippen LogP contribution < -0.4 is 4.74 Å². The average Bonchev–Trinajstić information content (AvgIpc) is 2.72. The van der Waals surface area contributed by atoms with E-state index in [9.17, 15) is 9.00 Å². The molecular weight excluding hydrogens is 386 g/mol. The Labute approximate surface area is 175 Å². The number of piperidine rings is 1. The summed E-state index contributed by atoms with van der Waals surface area (Å²) in [6, 6.07) is 15.8. The van der Waals surface area contributed by atoms with Crippen LogP contribution in [0, 0.1) is 5.92 Å². The first kappa shape index (κ1) is 21.4. The number of likely N-dealkylation sites (tertiary alicyclic amines) is 1. The minimum Gasteiger partial charge on any atom is -0.493 e. The van der Waals surface area contributed by atoms with Crippen molar-refractivity contribution in [1.29, 1.82) is 0 Å². The number of hydrogen-bond donors (Lipinski definition) is 0. The van der Waals surface area contributed by atoms with Crippen LogP contribution in [-0.4, -0.2) is 47.3 Å². The zero-order chi connectivity index (χ0) is 20.8. The minimum absolute atomic E-state index is 0.0833. The molecule has 1 amide bonds. The quantitative estimate of drug-likeness (QED) is 0.685. The second-order valence-corrected chi connectivity index (χ2v) is 9.06. The second-order valence-electron chi connectivity index (χ2n) is 7.68. The lowest BCUT2D eigenvalue weighted by molar-refractivity contribution is 0.0608. The van der Waals surface area contributed by atoms with E-state index in [-0.39, 0.29) is 12.2 Å². The van der Waals surface area contributed by atoms with Gasteiger partial charge in [0.25, 0.3) is 0 Å². The Bertz CT molecular complexity index is 825. The van der Waals surface area contributed by atoms with Gasteiger partial charge in [-0.3, -0.25) is 4.21 Å². The zero-order valence-corrected chi connectivity index (χ0v) is 18.1. The molecule has 29 heavy (non-hydrogen) atoms. The fourth-order valence-corrected chi connectivity index (χ4v) is 3.87. The SMILES string of the molecule is CC(C)OC(=O)N1CCC(COc2ccc(-c3ccc(S(C)=O)cc3)cc2)CC1. The van der Waals surface area contributed by atoms with E-state index in [2.05, 4.69) is 0 Å². The highest BCUT2D eigenvalue weighted by Crippen LogP contribution is 2.25. The van der Waals surface area contributed by atoms with Crippen molar-refractivity contribution in [3.8, 4) is 16.9 Å². The van der Waals surface area contributed by atoms with E-state index in [4.69, 9.17) is 9.47 Å². The van der Waals surface area contributed by atoms with Gasteiger partial charge in [0.15, 0.2) is 0 Å². The van der Waals surface area contributed by atoms with Gasteiger partial charge in [-0.1, -0.05) is 24.3 Å². The van der Waals surface area contributed by atoms with Gasteiger partial charge in [0, 0.05) is 35.0 Å². The Morgan fingerprint density at radius 2 is 1.59 bits per heavy atom. The Morgan fingerprint density at radius 1 is 1.03 bits per heavy atom. The van der Waals surface area contributed by atoms with Gasteiger partial charge in [-0.15, -0.1) is 0 Å². The molecule has 0 saturated carbocycles. The molecule has 6 heteroatoms. The molecule has 0 N–H and O–H groups in total. The van der Waals surface area contributed by atoms with Crippen LogP contribution in [0.1, 0.15) is 26.7 Å². The molecule has 1 aliphatic rings. The monoisotopic (exact) mass is 415 g/mol. The summed E-state index contributed by atoms with van der Waals surface area (Å²) in [5.74, 6) is 1.29. The molecule has 2 aromatic carbocycles. The van der Waals surface area contributed by atoms with Crippen molar-refractivity contribution >= 4 is 16.9 Å². The highest BCUT2D eigenvalue weighted by Gasteiger charge is 2.24. The van der Waals surface area contributed by atoms with Gasteiger partial charge in [0.05, 0.1) is 12.7 Å². The Balaban J connectivity index is 1.47. The minimum atomic E-state index is -0.959. The van der Waals surface area contributed by atoms with Crippen molar-refractivity contribution in [2.45, 2.75) is 37.7 Å². The van der Waals surface area contributed by atoms with Crippen LogP contribution in [0.4, 0.5) is 4.79 Å². The second kappa shape index (κ2) is 9.92. The third-order valence-corrected chi connectivity index (χ3v) is 6.00. The van der Waals surface area contributed by atoms with E-state index in [1.54, 1.807) is 11.2 Å². The molecule has 156 valence electrons. The molecule has 1 atom stereocenters. The molecule has 0 radical (unpaired) electrons. The average molecular weight is 416 g/mol. The number of hydrogen-bond acceptors (Lipinski definition) is 4. The van der Waals surface area contributed by atoms with Gasteiger partial charge in [0.1, 0.15) is 5.75 Å². The lowest BCUT2D eigenvalue weighted by Crippen LogP contribution is -2.40. The molecule has 0 aromatic heterocycles. The van der Waals surface area contributed by atoms with Gasteiger partial charge >= 0.3 is 6.09 Å². The van der Waals surface area contributed by atoms with Crippen LogP contribution in [0.2, 0.25) is 0 Å². The van der Waals surface area contributed by atoms with Crippen LogP contribution >= 0.6 is 0 Å². The fraction of sp³-hybridized carbons (Fsp3) is 0.435. The topological polar surface area (TPSA) is 55.8 Å². The molecular formula is C23H29NO4S. The number of benzene rings is 2. The number of amides is 1. The van der Waals surface area contributed by atoms with E-state index in [1.165, 1.54) is 0 Å². The highest BCUT2D eigenvalue weighted by atomic mass is 32.2. The summed E-state index contributed by atoms with van der Waals surface area (Å²) in [5, 5.41) is 0. The van der Waals surface area contributed by atoms with E-state index >= 15 is 0 Å². The summed E-state index contributed by atoms with van der Waals surface area (Å²) in [6.07, 6.45) is 3.24. The van der Waals surface area contributed by atoms with Gasteiger partial charge in [0.2, 0.25) is 0 Å². The molecule has 0 aliphatic carbocycles. The number of nitrogens with zero attached hydrogens (tertiary/aromatic N) is 1. The van der Waals surface area contributed by atoms with Crippen LogP contribution in [0.3, 0.4) is 0 Å². The normalized spacial score (nSPS) is 15.9. The summed E-state index contributed by atoms with van der Waals surface area (Å²) in [7, 11) is -0.959. The smallest absolute Gasteiger partial charge is 0.410 e.